The van der Waals surface area contributed by atoms with Crippen molar-refractivity contribution in [3.63, 3.8) is 0 Å². The lowest BCUT2D eigenvalue weighted by atomic mass is 10.0. The standard InChI is InChI=1S/C67H124O6/c1-4-7-10-13-16-19-22-25-26-27-28-29-30-31-32-33-34-35-36-37-38-39-40-43-45-48-51-54-57-60-66(69)72-63-64(73-67(70)61-58-55-52-49-46-42-24-21-18-15-12-9-6-3)62-71-65(68)59-56-53-50-47-44-41-23-20-17-14-11-8-5-2/h21-22,24-25,27-28,64H,4-20,23,26,29-63H2,1-3H3/b24-21-,25-22-,28-27-. The van der Waals surface area contributed by atoms with Crippen LogP contribution < -0.4 is 0 Å². The summed E-state index contributed by atoms with van der Waals surface area (Å²) in [5.74, 6) is -0.857. The average Bonchev–Trinajstić information content (AvgIpc) is 3.39. The highest BCUT2D eigenvalue weighted by molar-refractivity contribution is 5.71. The summed E-state index contributed by atoms with van der Waals surface area (Å²) in [6, 6.07) is 0. The molecule has 0 aromatic rings. The van der Waals surface area contributed by atoms with Crippen molar-refractivity contribution in [2.45, 2.75) is 361 Å². The molecule has 0 fully saturated rings. The zero-order chi connectivity index (χ0) is 52.9. The van der Waals surface area contributed by atoms with E-state index in [2.05, 4.69) is 57.2 Å². The van der Waals surface area contributed by atoms with Gasteiger partial charge in [-0.05, 0) is 77.0 Å². The second-order valence-electron chi connectivity index (χ2n) is 22.0. The molecule has 0 saturated carbocycles. The van der Waals surface area contributed by atoms with E-state index in [1.807, 2.05) is 0 Å². The van der Waals surface area contributed by atoms with Gasteiger partial charge in [0, 0.05) is 19.3 Å². The molecule has 0 aliphatic carbocycles. The van der Waals surface area contributed by atoms with E-state index in [9.17, 15) is 14.4 Å². The van der Waals surface area contributed by atoms with Gasteiger partial charge in [-0.25, -0.2) is 0 Å². The van der Waals surface area contributed by atoms with Crippen molar-refractivity contribution in [1.82, 2.24) is 0 Å². The van der Waals surface area contributed by atoms with E-state index in [1.54, 1.807) is 0 Å². The Balaban J connectivity index is 4.13. The Labute approximate surface area is 455 Å². The minimum Gasteiger partial charge on any atom is -0.462 e. The van der Waals surface area contributed by atoms with Crippen LogP contribution in [0.15, 0.2) is 36.5 Å². The summed E-state index contributed by atoms with van der Waals surface area (Å²) in [5, 5.41) is 0. The van der Waals surface area contributed by atoms with Crippen molar-refractivity contribution in [3.8, 4) is 0 Å². The van der Waals surface area contributed by atoms with Crippen LogP contribution >= 0.6 is 0 Å². The Hall–Kier alpha value is -2.37. The van der Waals surface area contributed by atoms with Gasteiger partial charge in [-0.1, -0.05) is 295 Å². The van der Waals surface area contributed by atoms with E-state index >= 15 is 0 Å². The van der Waals surface area contributed by atoms with Crippen molar-refractivity contribution in [3.05, 3.63) is 36.5 Å². The highest BCUT2D eigenvalue weighted by Crippen LogP contribution is 2.17. The van der Waals surface area contributed by atoms with Gasteiger partial charge in [0.15, 0.2) is 6.10 Å². The number of hydrogen-bond acceptors (Lipinski definition) is 6. The molecule has 0 aromatic heterocycles. The first-order valence-corrected chi connectivity index (χ1v) is 32.5. The van der Waals surface area contributed by atoms with Crippen molar-refractivity contribution < 1.29 is 28.6 Å². The molecule has 0 aromatic carbocycles. The lowest BCUT2D eigenvalue weighted by Crippen LogP contribution is -2.30. The van der Waals surface area contributed by atoms with Crippen LogP contribution in [-0.4, -0.2) is 37.2 Å². The van der Waals surface area contributed by atoms with Gasteiger partial charge in [0.05, 0.1) is 0 Å². The number of ether oxygens (including phenoxy) is 3. The Bertz CT molecular complexity index is 1220. The Kier molecular flexibility index (Phi) is 60.2. The van der Waals surface area contributed by atoms with E-state index < -0.39 is 6.10 Å². The van der Waals surface area contributed by atoms with Crippen molar-refractivity contribution in [2.75, 3.05) is 13.2 Å². The van der Waals surface area contributed by atoms with Gasteiger partial charge in [-0.3, -0.25) is 14.4 Å². The summed E-state index contributed by atoms with van der Waals surface area (Å²) in [7, 11) is 0. The third-order valence-electron chi connectivity index (χ3n) is 14.6. The fourth-order valence-electron chi connectivity index (χ4n) is 9.71. The summed E-state index contributed by atoms with van der Waals surface area (Å²) in [5.41, 5.74) is 0. The first-order valence-electron chi connectivity index (χ1n) is 32.5. The molecule has 0 bridgehead atoms. The van der Waals surface area contributed by atoms with Gasteiger partial charge >= 0.3 is 17.9 Å². The highest BCUT2D eigenvalue weighted by Gasteiger charge is 2.19. The number of esters is 3. The summed E-state index contributed by atoms with van der Waals surface area (Å²) in [6.45, 7) is 6.66. The Morgan fingerprint density at radius 3 is 0.781 bits per heavy atom. The molecule has 0 rings (SSSR count). The Morgan fingerprint density at radius 2 is 0.493 bits per heavy atom. The van der Waals surface area contributed by atoms with Crippen LogP contribution in [-0.2, 0) is 28.6 Å². The van der Waals surface area contributed by atoms with Crippen LogP contribution in [0.25, 0.3) is 0 Å². The van der Waals surface area contributed by atoms with E-state index in [4.69, 9.17) is 14.2 Å². The monoisotopic (exact) mass is 1020 g/mol. The molecule has 1 atom stereocenters. The second kappa shape index (κ2) is 62.2. The largest absolute Gasteiger partial charge is 0.462 e. The minimum atomic E-state index is -0.772. The number of rotatable bonds is 60. The Morgan fingerprint density at radius 1 is 0.274 bits per heavy atom. The molecule has 0 aliphatic rings. The number of unbranched alkanes of at least 4 members (excludes halogenated alkanes) is 43. The van der Waals surface area contributed by atoms with Crippen LogP contribution in [0.5, 0.6) is 0 Å². The molecule has 428 valence electrons. The van der Waals surface area contributed by atoms with Gasteiger partial charge in [0.25, 0.3) is 0 Å². The number of allylic oxidation sites excluding steroid dienone is 6. The molecular formula is C67H124O6. The van der Waals surface area contributed by atoms with Gasteiger partial charge < -0.3 is 14.2 Å². The zero-order valence-electron chi connectivity index (χ0n) is 49.2. The predicted molar refractivity (Wildman–Crippen MR) is 316 cm³/mol. The summed E-state index contributed by atoms with van der Waals surface area (Å²) in [6.07, 6.45) is 75.9. The van der Waals surface area contributed by atoms with Crippen molar-refractivity contribution in [2.24, 2.45) is 0 Å². The van der Waals surface area contributed by atoms with Gasteiger partial charge in [-0.2, -0.15) is 0 Å². The number of carbonyl (C=O) groups is 3. The SMILES string of the molecule is CCCCCC/C=C\CCCCCCCC(=O)OC(COC(=O)CCCCCCCCCCCCCCC)COC(=O)CCCCCCCCCCCCCCCCCCC/C=C\C/C=C\CCCCCCC. The summed E-state index contributed by atoms with van der Waals surface area (Å²) >= 11 is 0. The molecule has 73 heavy (non-hydrogen) atoms. The average molecular weight is 1030 g/mol. The lowest BCUT2D eigenvalue weighted by molar-refractivity contribution is -0.167. The molecule has 6 nitrogen and oxygen atoms in total. The summed E-state index contributed by atoms with van der Waals surface area (Å²) < 4.78 is 16.9. The maximum atomic E-state index is 12.8. The predicted octanol–water partition coefficient (Wildman–Crippen LogP) is 22.0. The number of carbonyl (C=O) groups excluding carboxylic acids is 3. The second-order valence-corrected chi connectivity index (χ2v) is 22.0. The fraction of sp³-hybridized carbons (Fsp3) is 0.866. The van der Waals surface area contributed by atoms with E-state index in [0.717, 1.165) is 70.6 Å². The molecule has 0 aliphatic heterocycles. The maximum absolute atomic E-state index is 12.8. The molecule has 0 amide bonds. The van der Waals surface area contributed by atoms with E-state index in [-0.39, 0.29) is 31.1 Å². The molecule has 0 saturated heterocycles. The minimum absolute atomic E-state index is 0.0702. The van der Waals surface area contributed by atoms with Gasteiger partial charge in [0.1, 0.15) is 13.2 Å². The lowest BCUT2D eigenvalue weighted by Gasteiger charge is -2.18. The van der Waals surface area contributed by atoms with Crippen molar-refractivity contribution in [1.29, 1.82) is 0 Å². The summed E-state index contributed by atoms with van der Waals surface area (Å²) in [4.78, 5) is 38.2. The van der Waals surface area contributed by atoms with E-state index in [1.165, 1.54) is 244 Å². The smallest absolute Gasteiger partial charge is 0.306 e. The highest BCUT2D eigenvalue weighted by atomic mass is 16.6. The van der Waals surface area contributed by atoms with Crippen LogP contribution in [0.3, 0.4) is 0 Å². The van der Waals surface area contributed by atoms with Crippen molar-refractivity contribution >= 4 is 17.9 Å². The van der Waals surface area contributed by atoms with Gasteiger partial charge in [-0.15, -0.1) is 0 Å². The van der Waals surface area contributed by atoms with Gasteiger partial charge in [0.2, 0.25) is 0 Å². The van der Waals surface area contributed by atoms with Crippen LogP contribution in [0.1, 0.15) is 355 Å². The first-order chi connectivity index (χ1) is 36.0. The topological polar surface area (TPSA) is 78.9 Å². The van der Waals surface area contributed by atoms with Crippen LogP contribution in [0.4, 0.5) is 0 Å². The molecule has 6 heteroatoms. The maximum Gasteiger partial charge on any atom is 0.306 e. The molecule has 1 unspecified atom stereocenters. The first kappa shape index (κ1) is 70.6. The molecule has 0 N–H and O–H groups in total. The zero-order valence-corrected chi connectivity index (χ0v) is 49.2. The number of hydrogen-bond donors (Lipinski definition) is 0. The third kappa shape index (κ3) is 60.4. The van der Waals surface area contributed by atoms with Crippen LogP contribution in [0, 0.1) is 0 Å². The quantitative estimate of drug-likeness (QED) is 0.0261. The molecule has 0 heterocycles. The molecule has 0 radical (unpaired) electrons. The third-order valence-corrected chi connectivity index (χ3v) is 14.6. The van der Waals surface area contributed by atoms with Crippen LogP contribution in [0.2, 0.25) is 0 Å². The molecule has 0 spiro atoms. The molecular weight excluding hydrogens is 901 g/mol. The normalized spacial score (nSPS) is 12.2. The van der Waals surface area contributed by atoms with E-state index in [0.29, 0.717) is 19.3 Å². The fourth-order valence-corrected chi connectivity index (χ4v) is 9.71.